The molecule has 5 heteroatoms. The molecule has 22 heavy (non-hydrogen) atoms. The van der Waals surface area contributed by atoms with Crippen LogP contribution in [0.2, 0.25) is 0 Å². The topological polar surface area (TPSA) is 84.9 Å². The molecule has 0 unspecified atom stereocenters. The van der Waals surface area contributed by atoms with E-state index in [-0.39, 0.29) is 6.02 Å². The fourth-order valence-electron chi connectivity index (χ4n) is 2.57. The Morgan fingerprint density at radius 1 is 1.23 bits per heavy atom. The van der Waals surface area contributed by atoms with Crippen LogP contribution in [0, 0.1) is 5.41 Å². The summed E-state index contributed by atoms with van der Waals surface area (Å²) in [6.45, 7) is 2.64. The summed E-state index contributed by atoms with van der Waals surface area (Å²) in [7, 11) is 0. The summed E-state index contributed by atoms with van der Waals surface area (Å²) < 4.78 is 5.05. The van der Waals surface area contributed by atoms with E-state index in [0.717, 1.165) is 31.2 Å². The lowest BCUT2D eigenvalue weighted by atomic mass is 9.92. The number of rotatable bonds is 7. The van der Waals surface area contributed by atoms with Gasteiger partial charge in [-0.25, -0.2) is 9.97 Å². The van der Waals surface area contributed by atoms with Gasteiger partial charge >= 0.3 is 0 Å². The molecule has 0 saturated heterocycles. The van der Waals surface area contributed by atoms with Crippen LogP contribution in [0.5, 0.6) is 0 Å². The van der Waals surface area contributed by atoms with Crippen LogP contribution in [-0.2, 0) is 17.6 Å². The van der Waals surface area contributed by atoms with Crippen molar-refractivity contribution in [2.45, 2.75) is 32.6 Å². The third-order valence-electron chi connectivity index (χ3n) is 3.49. The fraction of sp³-hybridized carbons (Fsp3) is 0.353. The molecule has 0 spiro atoms. The zero-order valence-corrected chi connectivity index (χ0v) is 12.9. The summed E-state index contributed by atoms with van der Waals surface area (Å²) in [4.78, 5) is 8.23. The smallest absolute Gasteiger partial charge is 0.278 e. The van der Waals surface area contributed by atoms with Crippen molar-refractivity contribution >= 4 is 6.02 Å². The normalized spacial score (nSPS) is 10.4. The summed E-state index contributed by atoms with van der Waals surface area (Å²) >= 11 is 0. The van der Waals surface area contributed by atoms with Crippen LogP contribution in [-0.4, -0.2) is 22.6 Å². The molecule has 0 bridgehead atoms. The SMILES string of the molecule is CCCc1cccc(-c2cncnc2)c1CCCOC(=N)N. The Balaban J connectivity index is 2.24. The van der Waals surface area contributed by atoms with E-state index < -0.39 is 0 Å². The first-order chi connectivity index (χ1) is 10.7. The van der Waals surface area contributed by atoms with Gasteiger partial charge in [-0.2, -0.15) is 0 Å². The summed E-state index contributed by atoms with van der Waals surface area (Å²) in [6, 6.07) is 6.15. The maximum atomic E-state index is 7.10. The van der Waals surface area contributed by atoms with Crippen molar-refractivity contribution in [1.82, 2.24) is 9.97 Å². The number of amidine groups is 1. The predicted molar refractivity (Wildman–Crippen MR) is 87.7 cm³/mol. The second kappa shape index (κ2) is 8.12. The van der Waals surface area contributed by atoms with Gasteiger partial charge in [0, 0.05) is 18.0 Å². The molecule has 1 heterocycles. The van der Waals surface area contributed by atoms with Crippen LogP contribution in [0.4, 0.5) is 0 Å². The maximum absolute atomic E-state index is 7.10. The van der Waals surface area contributed by atoms with Crippen LogP contribution >= 0.6 is 0 Å². The van der Waals surface area contributed by atoms with Gasteiger partial charge in [-0.05, 0) is 36.0 Å². The second-order valence-electron chi connectivity index (χ2n) is 5.14. The molecule has 0 aliphatic heterocycles. The highest BCUT2D eigenvalue weighted by Crippen LogP contribution is 2.27. The average Bonchev–Trinajstić information content (AvgIpc) is 2.53. The number of nitrogens with two attached hydrogens (primary N) is 1. The summed E-state index contributed by atoms with van der Waals surface area (Å²) in [5.74, 6) is 0. The van der Waals surface area contributed by atoms with E-state index in [1.165, 1.54) is 16.7 Å². The highest BCUT2D eigenvalue weighted by Gasteiger charge is 2.10. The molecule has 0 radical (unpaired) electrons. The first-order valence-electron chi connectivity index (χ1n) is 7.55. The van der Waals surface area contributed by atoms with Crippen LogP contribution in [0.25, 0.3) is 11.1 Å². The molecule has 0 amide bonds. The van der Waals surface area contributed by atoms with E-state index in [2.05, 4.69) is 35.1 Å². The summed E-state index contributed by atoms with van der Waals surface area (Å²) in [6.07, 6.45) is 9.08. The predicted octanol–water partition coefficient (Wildman–Crippen LogP) is 2.94. The first kappa shape index (κ1) is 15.9. The standard InChI is InChI=1S/C17H22N4O/c1-2-5-13-6-3-7-16(14-10-20-12-21-11-14)15(13)8-4-9-22-17(18)19/h3,6-7,10-12H,2,4-5,8-9H2,1H3,(H3,18,19). The Hall–Kier alpha value is -2.43. The molecule has 2 rings (SSSR count). The molecule has 0 aliphatic carbocycles. The van der Waals surface area contributed by atoms with Gasteiger partial charge in [-0.1, -0.05) is 31.5 Å². The highest BCUT2D eigenvalue weighted by molar-refractivity contribution is 5.68. The zero-order chi connectivity index (χ0) is 15.8. The number of hydrogen-bond acceptors (Lipinski definition) is 4. The van der Waals surface area contributed by atoms with Crippen LogP contribution < -0.4 is 5.73 Å². The lowest BCUT2D eigenvalue weighted by Gasteiger charge is -2.15. The number of ether oxygens (including phenoxy) is 1. The number of aromatic nitrogens is 2. The molecular formula is C17H22N4O. The maximum Gasteiger partial charge on any atom is 0.278 e. The Morgan fingerprint density at radius 2 is 2.00 bits per heavy atom. The van der Waals surface area contributed by atoms with Gasteiger partial charge in [0.1, 0.15) is 6.33 Å². The molecule has 116 valence electrons. The third kappa shape index (κ3) is 4.28. The van der Waals surface area contributed by atoms with Crippen molar-refractivity contribution in [2.24, 2.45) is 5.73 Å². The molecule has 2 aromatic rings. The molecule has 1 aromatic carbocycles. The highest BCUT2D eigenvalue weighted by atomic mass is 16.5. The van der Waals surface area contributed by atoms with Gasteiger partial charge in [-0.3, -0.25) is 5.41 Å². The van der Waals surface area contributed by atoms with E-state index in [1.54, 1.807) is 6.33 Å². The van der Waals surface area contributed by atoms with Crippen molar-refractivity contribution in [3.8, 4) is 11.1 Å². The number of nitrogens with one attached hydrogen (secondary N) is 1. The zero-order valence-electron chi connectivity index (χ0n) is 12.9. The van der Waals surface area contributed by atoms with E-state index in [1.807, 2.05) is 12.4 Å². The first-order valence-corrected chi connectivity index (χ1v) is 7.55. The Morgan fingerprint density at radius 3 is 2.68 bits per heavy atom. The molecule has 1 aromatic heterocycles. The number of benzene rings is 1. The monoisotopic (exact) mass is 298 g/mol. The van der Waals surface area contributed by atoms with Gasteiger partial charge in [0.25, 0.3) is 6.02 Å². The van der Waals surface area contributed by atoms with Crippen molar-refractivity contribution < 1.29 is 4.74 Å². The number of hydrogen-bond donors (Lipinski definition) is 2. The van der Waals surface area contributed by atoms with Gasteiger partial charge in [-0.15, -0.1) is 0 Å². The van der Waals surface area contributed by atoms with E-state index in [4.69, 9.17) is 15.9 Å². The van der Waals surface area contributed by atoms with Crippen molar-refractivity contribution in [1.29, 1.82) is 5.41 Å². The van der Waals surface area contributed by atoms with Crippen LogP contribution in [0.15, 0.2) is 36.9 Å². The second-order valence-corrected chi connectivity index (χ2v) is 5.14. The molecule has 0 fully saturated rings. The molecule has 0 aliphatic rings. The van der Waals surface area contributed by atoms with Gasteiger partial charge in [0.05, 0.1) is 6.61 Å². The molecule has 5 nitrogen and oxygen atoms in total. The lowest BCUT2D eigenvalue weighted by molar-refractivity contribution is 0.291. The minimum atomic E-state index is -0.224. The van der Waals surface area contributed by atoms with E-state index in [9.17, 15) is 0 Å². The molecule has 3 N–H and O–H groups in total. The Bertz CT molecular complexity index is 613. The van der Waals surface area contributed by atoms with Gasteiger partial charge in [0.15, 0.2) is 0 Å². The fourth-order valence-corrected chi connectivity index (χ4v) is 2.57. The summed E-state index contributed by atoms with van der Waals surface area (Å²) in [5.41, 5.74) is 10.1. The lowest BCUT2D eigenvalue weighted by Crippen LogP contribution is -2.15. The molecule has 0 saturated carbocycles. The van der Waals surface area contributed by atoms with Crippen molar-refractivity contribution in [3.63, 3.8) is 0 Å². The van der Waals surface area contributed by atoms with Gasteiger partial charge in [0.2, 0.25) is 0 Å². The molecular weight excluding hydrogens is 276 g/mol. The largest absolute Gasteiger partial charge is 0.466 e. The van der Waals surface area contributed by atoms with Crippen molar-refractivity contribution in [3.05, 3.63) is 48.0 Å². The number of nitrogens with zero attached hydrogens (tertiary/aromatic N) is 2. The average molecular weight is 298 g/mol. The minimum absolute atomic E-state index is 0.224. The minimum Gasteiger partial charge on any atom is -0.466 e. The third-order valence-corrected chi connectivity index (χ3v) is 3.49. The molecule has 0 atom stereocenters. The Labute approximate surface area is 131 Å². The van der Waals surface area contributed by atoms with Crippen molar-refractivity contribution in [2.75, 3.05) is 6.61 Å². The van der Waals surface area contributed by atoms with Crippen LogP contribution in [0.1, 0.15) is 30.9 Å². The quantitative estimate of drug-likeness (QED) is 0.467. The number of aryl methyl sites for hydroxylation is 1. The van der Waals surface area contributed by atoms with E-state index in [0.29, 0.717) is 6.61 Å². The van der Waals surface area contributed by atoms with E-state index >= 15 is 0 Å². The Kier molecular flexibility index (Phi) is 5.89. The van der Waals surface area contributed by atoms with Gasteiger partial charge < -0.3 is 10.5 Å². The summed E-state index contributed by atoms with van der Waals surface area (Å²) in [5, 5.41) is 7.10. The van der Waals surface area contributed by atoms with Crippen LogP contribution in [0.3, 0.4) is 0 Å².